The molecule has 0 spiro atoms. The fraction of sp³-hybridized carbons (Fsp3) is 0.118. The minimum atomic E-state index is -5.01. The molecular weight excluding hydrogens is 410 g/mol. The van der Waals surface area contributed by atoms with E-state index in [2.05, 4.69) is 6.58 Å². The first-order valence-corrected chi connectivity index (χ1v) is 6.92. The Hall–Kier alpha value is -2.85. The van der Waals surface area contributed by atoms with Crippen molar-refractivity contribution in [2.24, 2.45) is 0 Å². The predicted octanol–water partition coefficient (Wildman–Crippen LogP) is 6.42. The lowest BCUT2D eigenvalue weighted by molar-refractivity contribution is -0.141. The smallest absolute Gasteiger partial charge is 0.298 e. The number of alkyl halides is 6. The molecule has 0 saturated carbocycles. The third kappa shape index (κ3) is 5.57. The maximum atomic E-state index is 12.8. The van der Waals surface area contributed by atoms with Gasteiger partial charge in [0.15, 0.2) is 6.29 Å². The van der Waals surface area contributed by atoms with Crippen LogP contribution in [0.4, 0.5) is 43.9 Å². The molecule has 0 amide bonds. The summed E-state index contributed by atoms with van der Waals surface area (Å²) in [5.41, 5.74) is -4.88. The van der Waals surface area contributed by atoms with Gasteiger partial charge in [-0.2, -0.15) is 26.3 Å². The molecule has 2 rings (SSSR count). The van der Waals surface area contributed by atoms with E-state index in [1.807, 2.05) is 0 Å². The number of hydrogen-bond donors (Lipinski definition) is 0. The Bertz CT molecular complexity index is 807. The summed E-state index contributed by atoms with van der Waals surface area (Å²) in [7, 11) is 0. The van der Waals surface area contributed by atoms with Gasteiger partial charge < -0.3 is 0 Å². The minimum Gasteiger partial charge on any atom is -0.298 e. The van der Waals surface area contributed by atoms with E-state index >= 15 is 0 Å². The van der Waals surface area contributed by atoms with Gasteiger partial charge in [-0.25, -0.2) is 17.6 Å². The molecule has 0 saturated heterocycles. The third-order valence-electron chi connectivity index (χ3n) is 3.08. The molecule has 0 aliphatic carbocycles. The van der Waals surface area contributed by atoms with Gasteiger partial charge in [0.25, 0.3) is 0 Å². The highest BCUT2D eigenvalue weighted by Crippen LogP contribution is 2.35. The molecule has 0 aliphatic rings. The summed E-state index contributed by atoms with van der Waals surface area (Å²) in [4.78, 5) is 10.1. The van der Waals surface area contributed by atoms with Crippen LogP contribution in [0.5, 0.6) is 0 Å². The summed E-state index contributed by atoms with van der Waals surface area (Å²) in [6, 6.07) is 1.18. The van der Waals surface area contributed by atoms with Crippen molar-refractivity contribution in [1.82, 2.24) is 0 Å². The fourth-order valence-electron chi connectivity index (χ4n) is 2.04. The molecule has 0 bridgehead atoms. The Labute approximate surface area is 150 Å². The van der Waals surface area contributed by atoms with Crippen LogP contribution in [-0.2, 0) is 12.4 Å². The Morgan fingerprint density at radius 2 is 1.04 bits per heavy atom. The summed E-state index contributed by atoms with van der Waals surface area (Å²) in [6.45, 7) is 3.05. The molecule has 0 heterocycles. The molecule has 11 heteroatoms. The van der Waals surface area contributed by atoms with Gasteiger partial charge >= 0.3 is 12.4 Å². The van der Waals surface area contributed by atoms with Crippen LogP contribution in [0.3, 0.4) is 0 Å². The molecule has 152 valence electrons. The number of carbonyl (C=O) groups is 1. The second-order valence-corrected chi connectivity index (χ2v) is 5.02. The molecule has 28 heavy (non-hydrogen) atoms. The minimum absolute atomic E-state index is 0.0792. The topological polar surface area (TPSA) is 17.1 Å². The van der Waals surface area contributed by atoms with Crippen LogP contribution in [0.1, 0.15) is 27.0 Å². The predicted molar refractivity (Wildman–Crippen MR) is 78.2 cm³/mol. The summed E-state index contributed by atoms with van der Waals surface area (Å²) in [5, 5.41) is 0. The molecule has 0 aliphatic heterocycles. The van der Waals surface area contributed by atoms with Crippen LogP contribution in [0.15, 0.2) is 30.8 Å². The van der Waals surface area contributed by atoms with Crippen LogP contribution >= 0.6 is 0 Å². The lowest BCUT2D eigenvalue weighted by atomic mass is 10.1. The lowest BCUT2D eigenvalue weighted by Crippen LogP contribution is -2.12. The summed E-state index contributed by atoms with van der Waals surface area (Å²) in [6.07, 6.45) is -9.33. The van der Waals surface area contributed by atoms with Gasteiger partial charge in [0.2, 0.25) is 0 Å². The van der Waals surface area contributed by atoms with Crippen molar-refractivity contribution in [2.75, 3.05) is 0 Å². The molecule has 0 unspecified atom stereocenters. The van der Waals surface area contributed by atoms with Gasteiger partial charge in [-0.15, -0.1) is 0 Å². The normalized spacial score (nSPS) is 11.5. The summed E-state index contributed by atoms with van der Waals surface area (Å²) in [5.74, 6) is -5.71. The van der Waals surface area contributed by atoms with E-state index in [4.69, 9.17) is 0 Å². The monoisotopic (exact) mass is 418 g/mol. The zero-order valence-electron chi connectivity index (χ0n) is 13.4. The highest BCUT2D eigenvalue weighted by molar-refractivity contribution is 5.77. The number of carbonyl (C=O) groups excluding carboxylic acids is 1. The summed E-state index contributed by atoms with van der Waals surface area (Å²) < 4.78 is 123. The molecule has 0 fully saturated rings. The van der Waals surface area contributed by atoms with Crippen LogP contribution in [0.2, 0.25) is 0 Å². The Morgan fingerprint density at radius 3 is 1.36 bits per heavy atom. The fourth-order valence-corrected chi connectivity index (χ4v) is 2.04. The molecule has 0 aromatic heterocycles. The second-order valence-electron chi connectivity index (χ2n) is 5.02. The first kappa shape index (κ1) is 23.2. The molecular formula is C17H8F10O. The van der Waals surface area contributed by atoms with Crippen molar-refractivity contribution in [3.8, 4) is 0 Å². The van der Waals surface area contributed by atoms with E-state index in [1.54, 1.807) is 0 Å². The SMILES string of the molecule is C=Cc1cc(F)cc(F)c1C(F)(F)F.O=Cc1cc(F)cc(F)c1C(F)(F)F. The lowest BCUT2D eigenvalue weighted by Gasteiger charge is -2.11. The van der Waals surface area contributed by atoms with E-state index in [9.17, 15) is 48.7 Å². The average Bonchev–Trinajstić information content (AvgIpc) is 2.50. The number of aldehydes is 1. The van der Waals surface area contributed by atoms with Crippen molar-refractivity contribution in [2.45, 2.75) is 12.4 Å². The second kappa shape index (κ2) is 8.44. The third-order valence-corrected chi connectivity index (χ3v) is 3.08. The zero-order chi connectivity index (χ0) is 21.9. The van der Waals surface area contributed by atoms with E-state index in [1.165, 1.54) is 0 Å². The van der Waals surface area contributed by atoms with Crippen LogP contribution in [0, 0.1) is 23.3 Å². The highest BCUT2D eigenvalue weighted by atomic mass is 19.4. The number of hydrogen-bond acceptors (Lipinski definition) is 1. The molecule has 1 nitrogen and oxygen atoms in total. The average molecular weight is 418 g/mol. The van der Waals surface area contributed by atoms with E-state index < -0.39 is 57.9 Å². The van der Waals surface area contributed by atoms with Crippen LogP contribution in [-0.4, -0.2) is 6.29 Å². The van der Waals surface area contributed by atoms with Gasteiger partial charge in [0, 0.05) is 17.7 Å². The Balaban J connectivity index is 0.000000280. The Morgan fingerprint density at radius 1 is 0.679 bits per heavy atom. The number of halogens is 10. The number of benzene rings is 2. The molecule has 0 N–H and O–H groups in total. The summed E-state index contributed by atoms with van der Waals surface area (Å²) >= 11 is 0. The van der Waals surface area contributed by atoms with Crippen LogP contribution in [0.25, 0.3) is 6.08 Å². The molecule has 0 atom stereocenters. The maximum absolute atomic E-state index is 12.8. The van der Waals surface area contributed by atoms with Gasteiger partial charge in [-0.05, 0) is 17.7 Å². The first-order valence-electron chi connectivity index (χ1n) is 6.92. The maximum Gasteiger partial charge on any atom is 0.419 e. The van der Waals surface area contributed by atoms with Gasteiger partial charge in [-0.3, -0.25) is 4.79 Å². The molecule has 2 aromatic carbocycles. The van der Waals surface area contributed by atoms with Crippen molar-refractivity contribution in [3.63, 3.8) is 0 Å². The van der Waals surface area contributed by atoms with Gasteiger partial charge in [0.05, 0.1) is 5.56 Å². The van der Waals surface area contributed by atoms with Crippen molar-refractivity contribution in [1.29, 1.82) is 0 Å². The quantitative estimate of drug-likeness (QED) is 0.406. The van der Waals surface area contributed by atoms with E-state index in [-0.39, 0.29) is 18.4 Å². The van der Waals surface area contributed by atoms with Crippen molar-refractivity contribution >= 4 is 12.4 Å². The van der Waals surface area contributed by atoms with Crippen molar-refractivity contribution < 1.29 is 48.7 Å². The highest BCUT2D eigenvalue weighted by Gasteiger charge is 2.37. The standard InChI is InChI=1S/C9H5F5.C8H3F5O/c1-2-5-3-6(10)4-7(11)8(5)9(12,13)14;9-5-1-4(3-14)7(6(10)2-5)8(11,12)13/h2-4H,1H2;1-3H. The van der Waals surface area contributed by atoms with E-state index in [0.717, 1.165) is 6.08 Å². The zero-order valence-corrected chi connectivity index (χ0v) is 13.4. The first-order chi connectivity index (χ1) is 12.7. The Kier molecular flexibility index (Phi) is 6.99. The number of rotatable bonds is 2. The molecule has 0 radical (unpaired) electrons. The van der Waals surface area contributed by atoms with Gasteiger partial charge in [-0.1, -0.05) is 12.7 Å². The van der Waals surface area contributed by atoms with E-state index in [0.29, 0.717) is 12.1 Å². The largest absolute Gasteiger partial charge is 0.419 e. The van der Waals surface area contributed by atoms with Gasteiger partial charge in [0.1, 0.15) is 28.8 Å². The van der Waals surface area contributed by atoms with Crippen LogP contribution < -0.4 is 0 Å². The van der Waals surface area contributed by atoms with Crippen molar-refractivity contribution in [3.05, 3.63) is 76.4 Å². The molecule has 2 aromatic rings.